The van der Waals surface area contributed by atoms with Crippen molar-refractivity contribution in [2.45, 2.75) is 0 Å². The van der Waals surface area contributed by atoms with E-state index >= 15 is 0 Å². The molecule has 0 aromatic heterocycles. The number of carbonyl (C=O) groups is 1. The van der Waals surface area contributed by atoms with Crippen LogP contribution < -0.4 is 9.50 Å². The third kappa shape index (κ3) is 4.97. The molecule has 2 rings (SSSR count). The minimum atomic E-state index is -5.09. The average molecular weight is 421 g/mol. The van der Waals surface area contributed by atoms with Crippen LogP contribution in [0.25, 0.3) is 0 Å². The molecule has 0 saturated heterocycles. The SMILES string of the molecule is O=C(Nc1cccc(OS(=O)(=O)F)c1)c1ccc(I)cc1. The first-order valence-electron chi connectivity index (χ1n) is 5.64. The number of benzene rings is 2. The van der Waals surface area contributed by atoms with Crippen molar-refractivity contribution in [3.63, 3.8) is 0 Å². The minimum Gasteiger partial charge on any atom is -0.358 e. The molecule has 0 unspecified atom stereocenters. The van der Waals surface area contributed by atoms with E-state index in [9.17, 15) is 17.1 Å². The van der Waals surface area contributed by atoms with Gasteiger partial charge in [0.1, 0.15) is 5.75 Å². The number of anilines is 1. The van der Waals surface area contributed by atoms with Crippen LogP contribution >= 0.6 is 22.6 Å². The minimum absolute atomic E-state index is 0.224. The fourth-order valence-corrected chi connectivity index (χ4v) is 2.24. The zero-order valence-electron chi connectivity index (χ0n) is 10.4. The Balaban J connectivity index is 2.14. The van der Waals surface area contributed by atoms with Crippen molar-refractivity contribution < 1.29 is 21.3 Å². The van der Waals surface area contributed by atoms with E-state index in [0.717, 1.165) is 3.57 Å². The molecule has 0 radical (unpaired) electrons. The van der Waals surface area contributed by atoms with Crippen molar-refractivity contribution in [3.05, 3.63) is 57.7 Å². The van der Waals surface area contributed by atoms with E-state index in [1.165, 1.54) is 24.3 Å². The van der Waals surface area contributed by atoms with Crippen molar-refractivity contribution in [2.24, 2.45) is 0 Å². The number of rotatable bonds is 4. The number of hydrogen-bond acceptors (Lipinski definition) is 4. The van der Waals surface area contributed by atoms with Gasteiger partial charge in [0.15, 0.2) is 0 Å². The first kappa shape index (κ1) is 15.7. The van der Waals surface area contributed by atoms with Gasteiger partial charge in [-0.25, -0.2) is 0 Å². The van der Waals surface area contributed by atoms with Gasteiger partial charge in [-0.05, 0) is 59.0 Å². The van der Waals surface area contributed by atoms with E-state index in [-0.39, 0.29) is 11.7 Å². The standard InChI is InChI=1S/C13H9FINO4S/c14-21(18,19)20-12-3-1-2-11(8-12)16-13(17)9-4-6-10(15)7-5-9/h1-8H,(H,16,17). The summed E-state index contributed by atoms with van der Waals surface area (Å²) >= 11 is 2.12. The van der Waals surface area contributed by atoms with Gasteiger partial charge in [0.2, 0.25) is 0 Å². The largest absolute Gasteiger partial charge is 0.488 e. The molecule has 0 aliphatic carbocycles. The number of carbonyl (C=O) groups excluding carboxylic acids is 1. The van der Waals surface area contributed by atoms with Crippen LogP contribution in [-0.4, -0.2) is 14.3 Å². The lowest BCUT2D eigenvalue weighted by Gasteiger charge is -2.07. The number of hydrogen-bond donors (Lipinski definition) is 1. The van der Waals surface area contributed by atoms with Crippen LogP contribution in [0, 0.1) is 3.57 Å². The van der Waals surface area contributed by atoms with Crippen LogP contribution in [0.3, 0.4) is 0 Å². The highest BCUT2D eigenvalue weighted by atomic mass is 127. The van der Waals surface area contributed by atoms with Crippen LogP contribution in [-0.2, 0) is 10.5 Å². The maximum Gasteiger partial charge on any atom is 0.488 e. The molecule has 1 N–H and O–H groups in total. The summed E-state index contributed by atoms with van der Waals surface area (Å²) in [6.45, 7) is 0. The summed E-state index contributed by atoms with van der Waals surface area (Å²) in [4.78, 5) is 12.0. The second-order valence-electron chi connectivity index (χ2n) is 3.97. The summed E-state index contributed by atoms with van der Waals surface area (Å²) in [5, 5.41) is 2.57. The molecule has 2 aromatic rings. The monoisotopic (exact) mass is 421 g/mol. The fraction of sp³-hybridized carbons (Fsp3) is 0. The maximum absolute atomic E-state index is 12.4. The Bertz CT molecular complexity index is 762. The van der Waals surface area contributed by atoms with Crippen molar-refractivity contribution in [1.82, 2.24) is 0 Å². The molecule has 0 aliphatic rings. The van der Waals surface area contributed by atoms with Crippen molar-refractivity contribution >= 4 is 44.7 Å². The Kier molecular flexibility index (Phi) is 4.78. The molecule has 1 amide bonds. The van der Waals surface area contributed by atoms with E-state index in [1.54, 1.807) is 24.3 Å². The molecule has 0 atom stereocenters. The van der Waals surface area contributed by atoms with Gasteiger partial charge in [-0.2, -0.15) is 8.42 Å². The second kappa shape index (κ2) is 6.39. The summed E-state index contributed by atoms with van der Waals surface area (Å²) in [5.74, 6) is -0.593. The van der Waals surface area contributed by atoms with Gasteiger partial charge in [-0.1, -0.05) is 9.95 Å². The fourth-order valence-electron chi connectivity index (χ4n) is 1.55. The molecular weight excluding hydrogens is 412 g/mol. The first-order chi connectivity index (χ1) is 9.83. The van der Waals surface area contributed by atoms with Gasteiger partial charge in [0.05, 0.1) is 0 Å². The molecule has 0 heterocycles. The van der Waals surface area contributed by atoms with Gasteiger partial charge >= 0.3 is 10.5 Å². The zero-order chi connectivity index (χ0) is 15.5. The lowest BCUT2D eigenvalue weighted by atomic mass is 10.2. The third-order valence-corrected chi connectivity index (χ3v) is 3.50. The Labute approximate surface area is 134 Å². The summed E-state index contributed by atoms with van der Waals surface area (Å²) < 4.78 is 38.3. The van der Waals surface area contributed by atoms with E-state index in [0.29, 0.717) is 11.3 Å². The predicted octanol–water partition coefficient (Wildman–Crippen LogP) is 3.14. The first-order valence-corrected chi connectivity index (χ1v) is 8.03. The quantitative estimate of drug-likeness (QED) is 0.609. The summed E-state index contributed by atoms with van der Waals surface area (Å²) in [7, 11) is -5.09. The van der Waals surface area contributed by atoms with E-state index in [1.807, 2.05) is 0 Å². The summed E-state index contributed by atoms with van der Waals surface area (Å²) in [5.41, 5.74) is 0.736. The molecule has 0 saturated carbocycles. The van der Waals surface area contributed by atoms with Gasteiger partial charge in [0.25, 0.3) is 5.91 Å². The molecule has 0 bridgehead atoms. The van der Waals surface area contributed by atoms with Crippen LogP contribution in [0.4, 0.5) is 9.57 Å². The normalized spacial score (nSPS) is 11.0. The van der Waals surface area contributed by atoms with Crippen molar-refractivity contribution in [2.75, 3.05) is 5.32 Å². The summed E-state index contributed by atoms with van der Waals surface area (Å²) in [6.07, 6.45) is 0. The molecular formula is C13H9FINO4S. The average Bonchev–Trinajstić information content (AvgIpc) is 2.37. The van der Waals surface area contributed by atoms with Crippen LogP contribution in [0.15, 0.2) is 48.5 Å². The molecule has 2 aromatic carbocycles. The molecule has 0 aliphatic heterocycles. The third-order valence-electron chi connectivity index (χ3n) is 2.39. The lowest BCUT2D eigenvalue weighted by Crippen LogP contribution is -2.12. The molecule has 8 heteroatoms. The highest BCUT2D eigenvalue weighted by molar-refractivity contribution is 14.1. The molecule has 0 fully saturated rings. The summed E-state index contributed by atoms with van der Waals surface area (Å²) in [6, 6.07) is 12.3. The van der Waals surface area contributed by atoms with Gasteiger partial charge in [0, 0.05) is 20.9 Å². The molecule has 0 spiro atoms. The Hall–Kier alpha value is -1.68. The molecule has 5 nitrogen and oxygen atoms in total. The lowest BCUT2D eigenvalue weighted by molar-refractivity contribution is 0.102. The van der Waals surface area contributed by atoms with Crippen LogP contribution in [0.5, 0.6) is 5.75 Å². The number of halogens is 2. The van der Waals surface area contributed by atoms with Gasteiger partial charge in [-0.3, -0.25) is 4.79 Å². The smallest absolute Gasteiger partial charge is 0.358 e. The Morgan fingerprint density at radius 2 is 1.81 bits per heavy atom. The van der Waals surface area contributed by atoms with Crippen molar-refractivity contribution in [3.8, 4) is 5.75 Å². The highest BCUT2D eigenvalue weighted by Crippen LogP contribution is 2.20. The maximum atomic E-state index is 12.4. The van der Waals surface area contributed by atoms with E-state index < -0.39 is 10.5 Å². The predicted molar refractivity (Wildman–Crippen MR) is 84.2 cm³/mol. The second-order valence-corrected chi connectivity index (χ2v) is 6.16. The number of amides is 1. The Morgan fingerprint density at radius 3 is 2.43 bits per heavy atom. The van der Waals surface area contributed by atoms with E-state index in [4.69, 9.17) is 0 Å². The van der Waals surface area contributed by atoms with Crippen LogP contribution in [0.2, 0.25) is 0 Å². The molecule has 21 heavy (non-hydrogen) atoms. The van der Waals surface area contributed by atoms with Gasteiger partial charge in [-0.15, -0.1) is 0 Å². The van der Waals surface area contributed by atoms with Gasteiger partial charge < -0.3 is 9.50 Å². The van der Waals surface area contributed by atoms with Crippen LogP contribution in [0.1, 0.15) is 10.4 Å². The van der Waals surface area contributed by atoms with Crippen molar-refractivity contribution in [1.29, 1.82) is 0 Å². The van der Waals surface area contributed by atoms with E-state index in [2.05, 4.69) is 32.1 Å². The highest BCUT2D eigenvalue weighted by Gasteiger charge is 2.11. The number of nitrogens with one attached hydrogen (secondary N) is 1. The Morgan fingerprint density at radius 1 is 1.14 bits per heavy atom. The zero-order valence-corrected chi connectivity index (χ0v) is 13.4. The topological polar surface area (TPSA) is 72.5 Å². The molecule has 110 valence electrons.